The Morgan fingerprint density at radius 3 is 2.83 bits per heavy atom. The van der Waals surface area contributed by atoms with Crippen molar-refractivity contribution in [2.45, 2.75) is 45.1 Å². The third-order valence-corrected chi connectivity index (χ3v) is 4.69. The van der Waals surface area contributed by atoms with Gasteiger partial charge >= 0.3 is 5.97 Å². The monoisotopic (exact) mass is 397 g/mol. The zero-order valence-electron chi connectivity index (χ0n) is 13.9. The molecule has 0 saturated heterocycles. The standard InChI is InChI=1S/C18H24BrNO4/c1-13-5-2-3-8-16(13)20-17(21)12-24-18(22)9-10-23-15-7-4-6-14(19)11-15/h4,6-7,11,13,16H,2-3,5,8-10,12H2,1H3,(H,20,21)/t13-,16+/m0/s1. The molecule has 1 aliphatic rings. The number of amides is 1. The molecule has 1 aliphatic carbocycles. The molecule has 1 saturated carbocycles. The van der Waals surface area contributed by atoms with Crippen LogP contribution in [0.4, 0.5) is 0 Å². The molecule has 1 amide bonds. The molecule has 2 atom stereocenters. The van der Waals surface area contributed by atoms with Gasteiger partial charge < -0.3 is 14.8 Å². The van der Waals surface area contributed by atoms with Gasteiger partial charge in [-0.2, -0.15) is 0 Å². The maximum Gasteiger partial charge on any atom is 0.309 e. The maximum atomic E-state index is 11.9. The van der Waals surface area contributed by atoms with E-state index in [9.17, 15) is 9.59 Å². The van der Waals surface area contributed by atoms with Crippen molar-refractivity contribution >= 4 is 27.8 Å². The number of rotatable bonds is 7. The molecule has 2 rings (SSSR count). The number of hydrogen-bond acceptors (Lipinski definition) is 4. The molecule has 0 aliphatic heterocycles. The minimum Gasteiger partial charge on any atom is -0.493 e. The van der Waals surface area contributed by atoms with E-state index in [0.29, 0.717) is 11.7 Å². The largest absolute Gasteiger partial charge is 0.493 e. The molecule has 1 N–H and O–H groups in total. The summed E-state index contributed by atoms with van der Waals surface area (Å²) >= 11 is 3.35. The lowest BCUT2D eigenvalue weighted by Gasteiger charge is -2.29. The van der Waals surface area contributed by atoms with Gasteiger partial charge in [0.25, 0.3) is 5.91 Å². The highest BCUT2D eigenvalue weighted by molar-refractivity contribution is 9.10. The van der Waals surface area contributed by atoms with E-state index >= 15 is 0 Å². The number of carbonyl (C=O) groups is 2. The zero-order valence-corrected chi connectivity index (χ0v) is 15.5. The first-order chi connectivity index (χ1) is 11.5. The van der Waals surface area contributed by atoms with Gasteiger partial charge in [-0.05, 0) is 37.0 Å². The zero-order chi connectivity index (χ0) is 17.4. The van der Waals surface area contributed by atoms with Crippen molar-refractivity contribution in [1.82, 2.24) is 5.32 Å². The van der Waals surface area contributed by atoms with Crippen molar-refractivity contribution in [2.75, 3.05) is 13.2 Å². The number of benzene rings is 1. The molecule has 0 aromatic heterocycles. The topological polar surface area (TPSA) is 64.6 Å². The lowest BCUT2D eigenvalue weighted by atomic mass is 9.86. The van der Waals surface area contributed by atoms with Crippen LogP contribution >= 0.6 is 15.9 Å². The van der Waals surface area contributed by atoms with E-state index in [1.165, 1.54) is 6.42 Å². The number of halogens is 1. The van der Waals surface area contributed by atoms with Gasteiger partial charge in [0, 0.05) is 10.5 Å². The fourth-order valence-corrected chi connectivity index (χ4v) is 3.18. The number of carbonyl (C=O) groups excluding carboxylic acids is 2. The molecular weight excluding hydrogens is 374 g/mol. The normalized spacial score (nSPS) is 20.2. The van der Waals surface area contributed by atoms with E-state index in [1.54, 1.807) is 0 Å². The molecule has 132 valence electrons. The summed E-state index contributed by atoms with van der Waals surface area (Å²) in [7, 11) is 0. The van der Waals surface area contributed by atoms with E-state index in [0.717, 1.165) is 23.7 Å². The Balaban J connectivity index is 1.61. The highest BCUT2D eigenvalue weighted by atomic mass is 79.9. The molecule has 0 unspecified atom stereocenters. The smallest absolute Gasteiger partial charge is 0.309 e. The quantitative estimate of drug-likeness (QED) is 0.715. The fraction of sp³-hybridized carbons (Fsp3) is 0.556. The van der Waals surface area contributed by atoms with Crippen LogP contribution in [0.5, 0.6) is 5.75 Å². The van der Waals surface area contributed by atoms with Crippen molar-refractivity contribution < 1.29 is 19.1 Å². The molecule has 1 fully saturated rings. The van der Waals surface area contributed by atoms with Crippen LogP contribution in [0.1, 0.15) is 39.0 Å². The van der Waals surface area contributed by atoms with Gasteiger partial charge in [-0.25, -0.2) is 0 Å². The van der Waals surface area contributed by atoms with E-state index in [2.05, 4.69) is 28.2 Å². The van der Waals surface area contributed by atoms with Crippen LogP contribution in [0.15, 0.2) is 28.7 Å². The van der Waals surface area contributed by atoms with E-state index in [4.69, 9.17) is 9.47 Å². The molecule has 24 heavy (non-hydrogen) atoms. The first-order valence-corrected chi connectivity index (χ1v) is 9.17. The predicted molar refractivity (Wildman–Crippen MR) is 94.8 cm³/mol. The maximum absolute atomic E-state index is 11.9. The lowest BCUT2D eigenvalue weighted by molar-refractivity contribution is -0.149. The lowest BCUT2D eigenvalue weighted by Crippen LogP contribution is -2.42. The minimum atomic E-state index is -0.433. The minimum absolute atomic E-state index is 0.111. The Morgan fingerprint density at radius 1 is 1.29 bits per heavy atom. The van der Waals surface area contributed by atoms with E-state index < -0.39 is 5.97 Å². The van der Waals surface area contributed by atoms with Gasteiger partial charge in [0.05, 0.1) is 13.0 Å². The van der Waals surface area contributed by atoms with Crippen LogP contribution in [0.25, 0.3) is 0 Å². The third kappa shape index (κ3) is 6.51. The summed E-state index contributed by atoms with van der Waals surface area (Å²) < 4.78 is 11.4. The molecule has 1 aromatic carbocycles. The molecule has 1 aromatic rings. The van der Waals surface area contributed by atoms with Crippen LogP contribution in [0, 0.1) is 5.92 Å². The Morgan fingerprint density at radius 2 is 2.08 bits per heavy atom. The van der Waals surface area contributed by atoms with Crippen molar-refractivity contribution in [2.24, 2.45) is 5.92 Å². The fourth-order valence-electron chi connectivity index (χ4n) is 2.81. The molecule has 6 heteroatoms. The van der Waals surface area contributed by atoms with Gasteiger partial charge in [-0.15, -0.1) is 0 Å². The average Bonchev–Trinajstić information content (AvgIpc) is 2.55. The van der Waals surface area contributed by atoms with Crippen molar-refractivity contribution in [3.63, 3.8) is 0 Å². The number of ether oxygens (including phenoxy) is 2. The number of esters is 1. The SMILES string of the molecule is C[C@H]1CCCC[C@H]1NC(=O)COC(=O)CCOc1cccc(Br)c1. The van der Waals surface area contributed by atoms with Crippen molar-refractivity contribution in [1.29, 1.82) is 0 Å². The summed E-state index contributed by atoms with van der Waals surface area (Å²) in [6.07, 6.45) is 4.61. The summed E-state index contributed by atoms with van der Waals surface area (Å²) in [4.78, 5) is 23.5. The predicted octanol–water partition coefficient (Wildman–Crippen LogP) is 3.46. The second kappa shape index (κ2) is 9.67. The Labute approximate surface area is 151 Å². The van der Waals surface area contributed by atoms with Crippen molar-refractivity contribution in [3.8, 4) is 5.75 Å². The molecule has 0 bridgehead atoms. The van der Waals surface area contributed by atoms with Crippen LogP contribution in [-0.2, 0) is 14.3 Å². The van der Waals surface area contributed by atoms with Crippen molar-refractivity contribution in [3.05, 3.63) is 28.7 Å². The first kappa shape index (κ1) is 18.8. The average molecular weight is 398 g/mol. The number of nitrogens with one attached hydrogen (secondary N) is 1. The Hall–Kier alpha value is -1.56. The summed E-state index contributed by atoms with van der Waals surface area (Å²) in [6.45, 7) is 2.14. The summed E-state index contributed by atoms with van der Waals surface area (Å²) in [6, 6.07) is 7.59. The van der Waals surface area contributed by atoms with E-state index in [-0.39, 0.29) is 31.6 Å². The van der Waals surface area contributed by atoms with Gasteiger partial charge in [-0.3, -0.25) is 9.59 Å². The van der Waals surface area contributed by atoms with Crippen LogP contribution in [0.3, 0.4) is 0 Å². The third-order valence-electron chi connectivity index (χ3n) is 4.19. The summed E-state index contributed by atoms with van der Waals surface area (Å²) in [5, 5.41) is 2.96. The Kier molecular flexibility index (Phi) is 7.56. The first-order valence-electron chi connectivity index (χ1n) is 8.38. The van der Waals surface area contributed by atoms with Crippen LogP contribution in [0.2, 0.25) is 0 Å². The molecule has 0 radical (unpaired) electrons. The van der Waals surface area contributed by atoms with Gasteiger partial charge in [0.1, 0.15) is 5.75 Å². The molecule has 5 nitrogen and oxygen atoms in total. The number of hydrogen-bond donors (Lipinski definition) is 1. The molecular formula is C18H24BrNO4. The van der Waals surface area contributed by atoms with Gasteiger partial charge in [-0.1, -0.05) is 41.8 Å². The summed E-state index contributed by atoms with van der Waals surface area (Å²) in [5.41, 5.74) is 0. The highest BCUT2D eigenvalue weighted by Gasteiger charge is 2.23. The van der Waals surface area contributed by atoms with Crippen LogP contribution in [-0.4, -0.2) is 31.1 Å². The highest BCUT2D eigenvalue weighted by Crippen LogP contribution is 2.23. The second-order valence-electron chi connectivity index (χ2n) is 6.15. The second-order valence-corrected chi connectivity index (χ2v) is 7.07. The Bertz CT molecular complexity index is 564. The van der Waals surface area contributed by atoms with Crippen LogP contribution < -0.4 is 10.1 Å². The van der Waals surface area contributed by atoms with Gasteiger partial charge in [0.2, 0.25) is 0 Å². The molecule has 0 spiro atoms. The molecule has 0 heterocycles. The summed E-state index contributed by atoms with van der Waals surface area (Å²) in [5.74, 6) is 0.505. The van der Waals surface area contributed by atoms with E-state index in [1.807, 2.05) is 24.3 Å². The van der Waals surface area contributed by atoms with Gasteiger partial charge in [0.15, 0.2) is 6.61 Å².